The van der Waals surface area contributed by atoms with Crippen molar-refractivity contribution >= 4 is 17.7 Å². The minimum atomic E-state index is 0.0238. The van der Waals surface area contributed by atoms with Gasteiger partial charge < -0.3 is 14.7 Å². The van der Waals surface area contributed by atoms with E-state index in [1.807, 2.05) is 11.8 Å². The van der Waals surface area contributed by atoms with Gasteiger partial charge in [-0.05, 0) is 30.3 Å². The van der Waals surface area contributed by atoms with Crippen molar-refractivity contribution in [1.82, 2.24) is 4.90 Å². The fraction of sp³-hybridized carbons (Fsp3) is 0.917. The third-order valence-electron chi connectivity index (χ3n) is 3.09. The average Bonchev–Trinajstić information content (AvgIpc) is 2.35. The molecule has 1 fully saturated rings. The third-order valence-corrected chi connectivity index (χ3v) is 4.14. The lowest BCUT2D eigenvalue weighted by Crippen LogP contribution is -2.37. The number of aliphatic hydroxyl groups is 1. The lowest BCUT2D eigenvalue weighted by atomic mass is 9.98. The first-order chi connectivity index (χ1) is 8.27. The number of rotatable bonds is 7. The summed E-state index contributed by atoms with van der Waals surface area (Å²) in [7, 11) is 1.62. The Morgan fingerprint density at radius 3 is 2.71 bits per heavy atom. The van der Waals surface area contributed by atoms with Crippen LogP contribution in [-0.4, -0.2) is 60.8 Å². The number of carbonyl (C=O) groups excluding carboxylic acids is 1. The van der Waals surface area contributed by atoms with E-state index in [2.05, 4.69) is 0 Å². The van der Waals surface area contributed by atoms with E-state index in [9.17, 15) is 4.79 Å². The first-order valence-electron chi connectivity index (χ1n) is 6.23. The van der Waals surface area contributed by atoms with Crippen LogP contribution in [0, 0.1) is 5.92 Å². The zero-order valence-electron chi connectivity index (χ0n) is 10.6. The Hall–Kier alpha value is -0.260. The zero-order chi connectivity index (χ0) is 12.5. The number of thioether (sulfide) groups is 1. The van der Waals surface area contributed by atoms with Gasteiger partial charge in [0.25, 0.3) is 0 Å². The summed E-state index contributed by atoms with van der Waals surface area (Å²) in [6.07, 6.45) is 2.92. The van der Waals surface area contributed by atoms with Crippen molar-refractivity contribution in [1.29, 1.82) is 0 Å². The van der Waals surface area contributed by atoms with Gasteiger partial charge >= 0.3 is 0 Å². The Bertz CT molecular complexity index is 220. The van der Waals surface area contributed by atoms with Crippen molar-refractivity contribution < 1.29 is 14.6 Å². The Morgan fingerprint density at radius 1 is 1.41 bits per heavy atom. The van der Waals surface area contributed by atoms with E-state index in [0.717, 1.165) is 12.8 Å². The molecule has 0 aromatic heterocycles. The second-order valence-electron chi connectivity index (χ2n) is 4.36. The molecule has 0 spiro atoms. The first kappa shape index (κ1) is 14.8. The molecule has 100 valence electrons. The number of hydrogen-bond acceptors (Lipinski definition) is 4. The van der Waals surface area contributed by atoms with Crippen molar-refractivity contribution in [3.05, 3.63) is 0 Å². The second-order valence-corrected chi connectivity index (χ2v) is 5.58. The Kier molecular flexibility index (Phi) is 7.64. The van der Waals surface area contributed by atoms with Crippen LogP contribution in [0.1, 0.15) is 19.3 Å². The van der Waals surface area contributed by atoms with Gasteiger partial charge in [0, 0.05) is 26.6 Å². The predicted octanol–water partition coefficient (Wildman–Crippen LogP) is 0.987. The van der Waals surface area contributed by atoms with Crippen molar-refractivity contribution in [3.8, 4) is 0 Å². The molecule has 0 bridgehead atoms. The van der Waals surface area contributed by atoms with Crippen LogP contribution in [0.5, 0.6) is 0 Å². The average molecular weight is 261 g/mol. The third kappa shape index (κ3) is 5.75. The van der Waals surface area contributed by atoms with Crippen LogP contribution >= 0.6 is 11.8 Å². The zero-order valence-corrected chi connectivity index (χ0v) is 11.4. The largest absolute Gasteiger partial charge is 0.395 e. The van der Waals surface area contributed by atoms with Gasteiger partial charge in [-0.15, -0.1) is 0 Å². The summed E-state index contributed by atoms with van der Waals surface area (Å²) < 4.78 is 4.98. The summed E-state index contributed by atoms with van der Waals surface area (Å²) in [5, 5.41) is 8.95. The van der Waals surface area contributed by atoms with E-state index in [1.54, 1.807) is 12.0 Å². The number of carbonyl (C=O) groups is 1. The molecular formula is C12H23NO3S. The molecule has 0 saturated carbocycles. The van der Waals surface area contributed by atoms with Crippen molar-refractivity contribution in [2.75, 3.05) is 44.9 Å². The van der Waals surface area contributed by atoms with Gasteiger partial charge in [0.05, 0.1) is 13.2 Å². The van der Waals surface area contributed by atoms with Crippen LogP contribution < -0.4 is 0 Å². The maximum Gasteiger partial charge on any atom is 0.223 e. The van der Waals surface area contributed by atoms with E-state index >= 15 is 0 Å². The number of amides is 1. The molecule has 0 aromatic carbocycles. The second kappa shape index (κ2) is 8.78. The normalized spacial score (nSPS) is 17.1. The fourth-order valence-corrected chi connectivity index (χ4v) is 3.21. The summed E-state index contributed by atoms with van der Waals surface area (Å²) >= 11 is 1.97. The molecule has 0 aromatic rings. The fourth-order valence-electron chi connectivity index (χ4n) is 2.01. The quantitative estimate of drug-likeness (QED) is 0.742. The number of nitrogens with zero attached hydrogens (tertiary/aromatic N) is 1. The van der Waals surface area contributed by atoms with Crippen molar-refractivity contribution in [2.45, 2.75) is 19.3 Å². The van der Waals surface area contributed by atoms with Gasteiger partial charge in [-0.25, -0.2) is 0 Å². The minimum absolute atomic E-state index is 0.0238. The van der Waals surface area contributed by atoms with Gasteiger partial charge in [0.2, 0.25) is 5.91 Å². The van der Waals surface area contributed by atoms with Gasteiger partial charge in [0.1, 0.15) is 0 Å². The van der Waals surface area contributed by atoms with Crippen LogP contribution in [-0.2, 0) is 9.53 Å². The van der Waals surface area contributed by atoms with Crippen LogP contribution in [0.15, 0.2) is 0 Å². The Labute approximate surface area is 108 Å². The molecule has 0 atom stereocenters. The molecule has 1 aliphatic rings. The molecular weight excluding hydrogens is 238 g/mol. The van der Waals surface area contributed by atoms with E-state index in [4.69, 9.17) is 9.84 Å². The number of ether oxygens (including phenoxy) is 1. The van der Waals surface area contributed by atoms with Gasteiger partial charge in [-0.2, -0.15) is 11.8 Å². The highest BCUT2D eigenvalue weighted by Gasteiger charge is 2.20. The van der Waals surface area contributed by atoms with Gasteiger partial charge in [-0.3, -0.25) is 4.79 Å². The van der Waals surface area contributed by atoms with Gasteiger partial charge in [0.15, 0.2) is 0 Å². The molecule has 0 radical (unpaired) electrons. The lowest BCUT2D eigenvalue weighted by Gasteiger charge is -2.26. The Morgan fingerprint density at radius 2 is 2.12 bits per heavy atom. The monoisotopic (exact) mass is 261 g/mol. The molecule has 0 aliphatic carbocycles. The Balaban J connectivity index is 2.34. The first-order valence-corrected chi connectivity index (χ1v) is 7.38. The molecule has 1 rings (SSSR count). The maximum absolute atomic E-state index is 12.1. The molecule has 1 saturated heterocycles. The summed E-state index contributed by atoms with van der Waals surface area (Å²) in [5.74, 6) is 3.05. The molecule has 1 N–H and O–H groups in total. The molecule has 5 heteroatoms. The summed E-state index contributed by atoms with van der Waals surface area (Å²) in [6, 6.07) is 0. The summed E-state index contributed by atoms with van der Waals surface area (Å²) in [4.78, 5) is 13.8. The minimum Gasteiger partial charge on any atom is -0.395 e. The molecule has 0 unspecified atom stereocenters. The van der Waals surface area contributed by atoms with Crippen LogP contribution in [0.2, 0.25) is 0 Å². The van der Waals surface area contributed by atoms with Crippen LogP contribution in [0.4, 0.5) is 0 Å². The van der Waals surface area contributed by atoms with Gasteiger partial charge in [-0.1, -0.05) is 0 Å². The predicted molar refractivity (Wildman–Crippen MR) is 70.2 cm³/mol. The number of aliphatic hydroxyl groups excluding tert-OH is 1. The van der Waals surface area contributed by atoms with Crippen LogP contribution in [0.25, 0.3) is 0 Å². The molecule has 1 amide bonds. The van der Waals surface area contributed by atoms with E-state index in [-0.39, 0.29) is 12.5 Å². The smallest absolute Gasteiger partial charge is 0.223 e. The van der Waals surface area contributed by atoms with Crippen LogP contribution in [0.3, 0.4) is 0 Å². The molecule has 4 nitrogen and oxygen atoms in total. The van der Waals surface area contributed by atoms with Crippen molar-refractivity contribution in [3.63, 3.8) is 0 Å². The van der Waals surface area contributed by atoms with Crippen molar-refractivity contribution in [2.24, 2.45) is 5.92 Å². The topological polar surface area (TPSA) is 49.8 Å². The summed E-state index contributed by atoms with van der Waals surface area (Å²) in [5.41, 5.74) is 0. The molecule has 1 aliphatic heterocycles. The highest BCUT2D eigenvalue weighted by Crippen LogP contribution is 2.25. The van der Waals surface area contributed by atoms with E-state index in [1.165, 1.54) is 11.5 Å². The molecule has 17 heavy (non-hydrogen) atoms. The van der Waals surface area contributed by atoms with E-state index in [0.29, 0.717) is 32.0 Å². The number of hydrogen-bond donors (Lipinski definition) is 1. The highest BCUT2D eigenvalue weighted by molar-refractivity contribution is 7.99. The SMILES string of the molecule is COCCN(CCO)C(=O)CC1CCSCC1. The lowest BCUT2D eigenvalue weighted by molar-refractivity contribution is -0.133. The highest BCUT2D eigenvalue weighted by atomic mass is 32.2. The summed E-state index contributed by atoms with van der Waals surface area (Å²) in [6.45, 7) is 1.56. The standard InChI is InChI=1S/C12H23NO3S/c1-16-7-5-13(4-6-14)12(15)10-11-2-8-17-9-3-11/h11,14H,2-10H2,1H3. The maximum atomic E-state index is 12.1. The molecule has 1 heterocycles. The number of methoxy groups -OCH3 is 1. The van der Waals surface area contributed by atoms with E-state index < -0.39 is 0 Å².